The van der Waals surface area contributed by atoms with Gasteiger partial charge in [-0.3, -0.25) is 4.79 Å². The second-order valence-electron chi connectivity index (χ2n) is 6.39. The number of nitrogens with one attached hydrogen (secondary N) is 1. The molecule has 0 aromatic heterocycles. The standard InChI is InChI=1S/C24H17NO4/c26-23(17-11-5-2-6-12-17)25-22(24(27)28)19-15-21(16-9-3-1-4-10-16)29-20-14-8-7-13-18(19)20/h1-15H,(H,25,26)(H,27,28). The van der Waals surface area contributed by atoms with E-state index in [0.717, 1.165) is 5.56 Å². The van der Waals surface area contributed by atoms with E-state index >= 15 is 0 Å². The minimum atomic E-state index is -1.23. The Morgan fingerprint density at radius 1 is 0.793 bits per heavy atom. The Bertz CT molecular complexity index is 1130. The predicted molar refractivity (Wildman–Crippen MR) is 110 cm³/mol. The molecule has 4 rings (SSSR count). The maximum atomic E-state index is 12.6. The molecule has 0 bridgehead atoms. The highest BCUT2D eigenvalue weighted by atomic mass is 16.5. The van der Waals surface area contributed by atoms with Crippen LogP contribution in [0.15, 0.2) is 96.7 Å². The summed E-state index contributed by atoms with van der Waals surface area (Å²) in [6.45, 7) is 0. The Hall–Kier alpha value is -4.12. The third-order valence-corrected chi connectivity index (χ3v) is 4.49. The smallest absolute Gasteiger partial charge is 0.353 e. The summed E-state index contributed by atoms with van der Waals surface area (Å²) in [6.07, 6.45) is 1.65. The molecule has 0 aliphatic carbocycles. The Morgan fingerprint density at radius 2 is 1.41 bits per heavy atom. The monoisotopic (exact) mass is 383 g/mol. The first kappa shape index (κ1) is 18.3. The van der Waals surface area contributed by atoms with Crippen molar-refractivity contribution in [3.63, 3.8) is 0 Å². The number of ether oxygens (including phenoxy) is 1. The van der Waals surface area contributed by atoms with Crippen LogP contribution >= 0.6 is 0 Å². The van der Waals surface area contributed by atoms with Crippen LogP contribution in [-0.2, 0) is 4.79 Å². The molecule has 1 aliphatic rings. The van der Waals surface area contributed by atoms with Gasteiger partial charge >= 0.3 is 5.97 Å². The summed E-state index contributed by atoms with van der Waals surface area (Å²) >= 11 is 0. The van der Waals surface area contributed by atoms with Crippen molar-refractivity contribution in [1.82, 2.24) is 5.32 Å². The molecule has 1 aliphatic heterocycles. The molecule has 0 radical (unpaired) electrons. The van der Waals surface area contributed by atoms with Gasteiger partial charge in [-0.25, -0.2) is 4.79 Å². The molecule has 0 unspecified atom stereocenters. The predicted octanol–water partition coefficient (Wildman–Crippen LogP) is 4.35. The zero-order valence-corrected chi connectivity index (χ0v) is 15.3. The first-order valence-corrected chi connectivity index (χ1v) is 9.02. The van der Waals surface area contributed by atoms with E-state index < -0.39 is 11.9 Å². The number of hydrogen-bond acceptors (Lipinski definition) is 3. The van der Waals surface area contributed by atoms with Crippen LogP contribution in [0.5, 0.6) is 5.75 Å². The van der Waals surface area contributed by atoms with Crippen LogP contribution in [0.4, 0.5) is 0 Å². The van der Waals surface area contributed by atoms with Crippen molar-refractivity contribution in [2.75, 3.05) is 0 Å². The minimum absolute atomic E-state index is 0.206. The van der Waals surface area contributed by atoms with Crippen LogP contribution in [0.2, 0.25) is 0 Å². The molecule has 142 valence electrons. The fourth-order valence-corrected chi connectivity index (χ4v) is 3.10. The number of fused-ring (bicyclic) bond motifs is 1. The maximum absolute atomic E-state index is 12.6. The van der Waals surface area contributed by atoms with Gasteiger partial charge in [-0.15, -0.1) is 0 Å². The van der Waals surface area contributed by atoms with E-state index in [0.29, 0.717) is 28.2 Å². The van der Waals surface area contributed by atoms with Crippen LogP contribution in [0.25, 0.3) is 11.3 Å². The topological polar surface area (TPSA) is 75.6 Å². The van der Waals surface area contributed by atoms with Gasteiger partial charge in [-0.1, -0.05) is 66.7 Å². The minimum Gasteiger partial charge on any atom is -0.477 e. The first-order valence-electron chi connectivity index (χ1n) is 9.02. The molecule has 1 amide bonds. The van der Waals surface area contributed by atoms with E-state index in [1.165, 1.54) is 0 Å². The zero-order valence-electron chi connectivity index (χ0n) is 15.3. The van der Waals surface area contributed by atoms with Crippen molar-refractivity contribution in [3.05, 3.63) is 113 Å². The van der Waals surface area contributed by atoms with Gasteiger partial charge in [0, 0.05) is 22.3 Å². The lowest BCUT2D eigenvalue weighted by atomic mass is 9.97. The van der Waals surface area contributed by atoms with E-state index in [2.05, 4.69) is 5.32 Å². The molecule has 5 heteroatoms. The van der Waals surface area contributed by atoms with Crippen molar-refractivity contribution in [1.29, 1.82) is 0 Å². The van der Waals surface area contributed by atoms with Gasteiger partial charge in [0.15, 0.2) is 0 Å². The van der Waals surface area contributed by atoms with Crippen molar-refractivity contribution in [2.45, 2.75) is 0 Å². The number of allylic oxidation sites excluding steroid dienone is 2. The molecule has 0 spiro atoms. The number of carboxylic acids is 1. The molecule has 0 atom stereocenters. The summed E-state index contributed by atoms with van der Waals surface area (Å²) in [7, 11) is 0. The van der Waals surface area contributed by atoms with E-state index in [9.17, 15) is 14.7 Å². The van der Waals surface area contributed by atoms with Crippen molar-refractivity contribution in [2.24, 2.45) is 0 Å². The number of carboxylic acid groups (broad SMARTS) is 1. The normalized spacial score (nSPS) is 14.1. The summed E-state index contributed by atoms with van der Waals surface area (Å²) in [4.78, 5) is 24.7. The SMILES string of the molecule is O=C(O)C(NC(=O)c1ccccc1)=C1C=C(c2ccccc2)Oc2ccccc21. The van der Waals surface area contributed by atoms with Gasteiger partial charge in [0.1, 0.15) is 17.2 Å². The van der Waals surface area contributed by atoms with Crippen LogP contribution in [-0.4, -0.2) is 17.0 Å². The third-order valence-electron chi connectivity index (χ3n) is 4.49. The molecule has 0 fully saturated rings. The van der Waals surface area contributed by atoms with Gasteiger partial charge in [-0.05, 0) is 24.3 Å². The van der Waals surface area contributed by atoms with Crippen LogP contribution in [0.3, 0.4) is 0 Å². The van der Waals surface area contributed by atoms with Gasteiger partial charge in [0.25, 0.3) is 5.91 Å². The molecule has 0 saturated heterocycles. The van der Waals surface area contributed by atoms with E-state index in [4.69, 9.17) is 4.74 Å². The number of rotatable bonds is 4. The maximum Gasteiger partial charge on any atom is 0.353 e. The van der Waals surface area contributed by atoms with Gasteiger partial charge < -0.3 is 15.2 Å². The number of carbonyl (C=O) groups excluding carboxylic acids is 1. The summed E-state index contributed by atoms with van der Waals surface area (Å²) in [5, 5.41) is 12.4. The number of benzene rings is 3. The number of para-hydroxylation sites is 1. The highest BCUT2D eigenvalue weighted by Gasteiger charge is 2.25. The van der Waals surface area contributed by atoms with Crippen molar-refractivity contribution < 1.29 is 19.4 Å². The van der Waals surface area contributed by atoms with Crippen molar-refractivity contribution in [3.8, 4) is 5.75 Å². The summed E-state index contributed by atoms with van der Waals surface area (Å²) in [6, 6.07) is 25.0. The first-order chi connectivity index (χ1) is 14.1. The molecular weight excluding hydrogens is 366 g/mol. The second kappa shape index (κ2) is 7.86. The summed E-state index contributed by atoms with van der Waals surface area (Å²) in [5.74, 6) is -0.692. The molecule has 5 nitrogen and oxygen atoms in total. The summed E-state index contributed by atoms with van der Waals surface area (Å²) < 4.78 is 5.99. The number of hydrogen-bond donors (Lipinski definition) is 2. The highest BCUT2D eigenvalue weighted by molar-refractivity contribution is 6.07. The Morgan fingerprint density at radius 3 is 2.10 bits per heavy atom. The molecular formula is C24H17NO4. The molecule has 3 aromatic carbocycles. The molecule has 29 heavy (non-hydrogen) atoms. The Labute approximate surface area is 167 Å². The van der Waals surface area contributed by atoms with Gasteiger partial charge in [-0.2, -0.15) is 0 Å². The zero-order chi connectivity index (χ0) is 20.2. The lowest BCUT2D eigenvalue weighted by Crippen LogP contribution is -2.28. The fraction of sp³-hybridized carbons (Fsp3) is 0. The van der Waals surface area contributed by atoms with Gasteiger partial charge in [0.2, 0.25) is 0 Å². The Kier molecular flexibility index (Phi) is 4.95. The summed E-state index contributed by atoms with van der Waals surface area (Å²) in [5.41, 5.74) is 1.95. The second-order valence-corrected chi connectivity index (χ2v) is 6.39. The third kappa shape index (κ3) is 3.80. The van der Waals surface area contributed by atoms with Crippen LogP contribution in [0.1, 0.15) is 21.5 Å². The van der Waals surface area contributed by atoms with Crippen LogP contribution in [0, 0.1) is 0 Å². The molecule has 0 saturated carbocycles. The van der Waals surface area contributed by atoms with Gasteiger partial charge in [0.05, 0.1) is 0 Å². The molecule has 3 aromatic rings. The van der Waals surface area contributed by atoms with E-state index in [1.807, 2.05) is 36.4 Å². The molecule has 2 N–H and O–H groups in total. The number of carbonyl (C=O) groups is 2. The average Bonchev–Trinajstić information content (AvgIpc) is 2.77. The largest absolute Gasteiger partial charge is 0.477 e. The van der Waals surface area contributed by atoms with E-state index in [-0.39, 0.29) is 5.70 Å². The average molecular weight is 383 g/mol. The van der Waals surface area contributed by atoms with Crippen LogP contribution < -0.4 is 10.1 Å². The highest BCUT2D eigenvalue weighted by Crippen LogP contribution is 2.38. The molecule has 1 heterocycles. The quantitative estimate of drug-likeness (QED) is 0.657. The number of amides is 1. The van der Waals surface area contributed by atoms with Crippen molar-refractivity contribution >= 4 is 23.2 Å². The lowest BCUT2D eigenvalue weighted by Gasteiger charge is -2.22. The number of aliphatic carboxylic acids is 1. The lowest BCUT2D eigenvalue weighted by molar-refractivity contribution is -0.132. The fourth-order valence-electron chi connectivity index (χ4n) is 3.10. The Balaban J connectivity index is 1.84. The van der Waals surface area contributed by atoms with E-state index in [1.54, 1.807) is 54.6 Å².